The van der Waals surface area contributed by atoms with E-state index in [4.69, 9.17) is 9.47 Å². The maximum Gasteiger partial charge on any atom is 0.249 e. The monoisotopic (exact) mass is 992 g/mol. The van der Waals surface area contributed by atoms with Gasteiger partial charge in [-0.3, -0.25) is 4.79 Å². The zero-order valence-corrected chi connectivity index (χ0v) is 44.7. The first kappa shape index (κ1) is 66.1. The molecule has 1 heterocycles. The molecular formula is C59H109NO10. The zero-order valence-electron chi connectivity index (χ0n) is 44.7. The fraction of sp³-hybridized carbons (Fsp3) is 0.847. The molecular weight excluding hydrogens is 883 g/mol. The lowest BCUT2D eigenvalue weighted by Crippen LogP contribution is -2.60. The number of carbonyl (C=O) groups excluding carboxylic acids is 1. The van der Waals surface area contributed by atoms with Gasteiger partial charge in [-0.2, -0.15) is 0 Å². The number of carbonyl (C=O) groups is 1. The van der Waals surface area contributed by atoms with Crippen LogP contribution in [0.5, 0.6) is 0 Å². The topological polar surface area (TPSA) is 189 Å². The van der Waals surface area contributed by atoms with E-state index in [2.05, 4.69) is 67.8 Å². The van der Waals surface area contributed by atoms with Crippen molar-refractivity contribution in [2.75, 3.05) is 13.2 Å². The van der Waals surface area contributed by atoms with Crippen molar-refractivity contribution in [2.24, 2.45) is 0 Å². The molecule has 0 saturated carbocycles. The number of amides is 1. The lowest BCUT2D eigenvalue weighted by molar-refractivity contribution is -0.303. The summed E-state index contributed by atoms with van der Waals surface area (Å²) >= 11 is 0. The highest BCUT2D eigenvalue weighted by Gasteiger charge is 2.44. The Morgan fingerprint density at radius 2 is 0.900 bits per heavy atom. The van der Waals surface area contributed by atoms with Gasteiger partial charge < -0.3 is 50.5 Å². The Morgan fingerprint density at radius 3 is 1.39 bits per heavy atom. The zero-order chi connectivity index (χ0) is 51.1. The van der Waals surface area contributed by atoms with E-state index in [9.17, 15) is 40.5 Å². The Kier molecular flexibility index (Phi) is 45.3. The number of rotatable bonds is 49. The lowest BCUT2D eigenvalue weighted by atomic mass is 9.98. The maximum atomic E-state index is 13.1. The van der Waals surface area contributed by atoms with Crippen LogP contribution < -0.4 is 5.32 Å². The molecule has 1 aliphatic heterocycles. The summed E-state index contributed by atoms with van der Waals surface area (Å²) in [5.41, 5.74) is 0. The third-order valence-corrected chi connectivity index (χ3v) is 13.8. The summed E-state index contributed by atoms with van der Waals surface area (Å²) in [6, 6.07) is -1.20. The van der Waals surface area contributed by atoms with Crippen LogP contribution in [0.3, 0.4) is 0 Å². The highest BCUT2D eigenvalue weighted by molar-refractivity contribution is 5.80. The van der Waals surface area contributed by atoms with Crippen LogP contribution in [0, 0.1) is 0 Å². The predicted octanol–water partition coefficient (Wildman–Crippen LogP) is 12.1. The van der Waals surface area contributed by atoms with Gasteiger partial charge in [0.1, 0.15) is 36.6 Å². The molecule has 1 saturated heterocycles. The average molecular weight is 993 g/mol. The minimum absolute atomic E-state index is 0.237. The summed E-state index contributed by atoms with van der Waals surface area (Å²) in [5.74, 6) is -0.719. The average Bonchev–Trinajstić information content (AvgIpc) is 3.36. The third kappa shape index (κ3) is 36.1. The van der Waals surface area contributed by atoms with Crippen molar-refractivity contribution in [3.05, 3.63) is 48.6 Å². The molecule has 410 valence electrons. The molecule has 1 amide bonds. The molecule has 9 atom stereocenters. The van der Waals surface area contributed by atoms with Gasteiger partial charge in [0.2, 0.25) is 5.91 Å². The van der Waals surface area contributed by atoms with E-state index in [1.54, 1.807) is 0 Å². The fourth-order valence-corrected chi connectivity index (χ4v) is 9.08. The number of ether oxygens (including phenoxy) is 2. The van der Waals surface area contributed by atoms with Crippen LogP contribution in [-0.2, 0) is 14.3 Å². The lowest BCUT2D eigenvalue weighted by Gasteiger charge is -2.40. The Balaban J connectivity index is 2.33. The molecule has 11 heteroatoms. The van der Waals surface area contributed by atoms with Gasteiger partial charge in [0, 0.05) is 0 Å². The minimum Gasteiger partial charge on any atom is -0.394 e. The molecule has 0 aromatic rings. The predicted molar refractivity (Wildman–Crippen MR) is 288 cm³/mol. The molecule has 9 unspecified atom stereocenters. The highest BCUT2D eigenvalue weighted by atomic mass is 16.7. The normalized spacial score (nSPS) is 20.6. The van der Waals surface area contributed by atoms with E-state index in [1.807, 2.05) is 0 Å². The number of allylic oxidation sites excluding steroid dienone is 8. The van der Waals surface area contributed by atoms with Gasteiger partial charge >= 0.3 is 0 Å². The van der Waals surface area contributed by atoms with Crippen molar-refractivity contribution in [3.8, 4) is 0 Å². The molecule has 0 aliphatic carbocycles. The minimum atomic E-state index is -1.67. The van der Waals surface area contributed by atoms with Gasteiger partial charge in [-0.25, -0.2) is 0 Å². The Labute approximate surface area is 428 Å². The third-order valence-electron chi connectivity index (χ3n) is 13.8. The molecule has 1 fully saturated rings. The molecule has 0 spiro atoms. The fourth-order valence-electron chi connectivity index (χ4n) is 9.08. The van der Waals surface area contributed by atoms with E-state index in [0.29, 0.717) is 19.3 Å². The molecule has 70 heavy (non-hydrogen) atoms. The molecule has 0 bridgehead atoms. The van der Waals surface area contributed by atoms with Gasteiger partial charge in [0.25, 0.3) is 0 Å². The van der Waals surface area contributed by atoms with Crippen LogP contribution in [0.1, 0.15) is 251 Å². The van der Waals surface area contributed by atoms with Gasteiger partial charge in [0.15, 0.2) is 6.29 Å². The van der Waals surface area contributed by atoms with Gasteiger partial charge in [0.05, 0.1) is 25.4 Å². The van der Waals surface area contributed by atoms with Crippen molar-refractivity contribution >= 4 is 5.91 Å². The number of hydrogen-bond donors (Lipinski definition) is 8. The quantitative estimate of drug-likeness (QED) is 0.0215. The SMILES string of the molecule is CCCCC/C=C\C/C=C\CCCCCCCCC(O)C(=O)NC(COC1OC(CO)C(O)C(O)C1O)C(O)C(O)CCC/C=C/CC/C=C/CCCCCCCCCCCCCCCCCCCC. The molecule has 0 aromatic carbocycles. The first-order valence-electron chi connectivity index (χ1n) is 29.0. The Bertz CT molecular complexity index is 1280. The van der Waals surface area contributed by atoms with Crippen LogP contribution in [0.4, 0.5) is 0 Å². The highest BCUT2D eigenvalue weighted by Crippen LogP contribution is 2.23. The number of aliphatic hydroxyl groups excluding tert-OH is 7. The molecule has 11 nitrogen and oxygen atoms in total. The van der Waals surface area contributed by atoms with Gasteiger partial charge in [-0.15, -0.1) is 0 Å². The second-order valence-corrected chi connectivity index (χ2v) is 20.3. The smallest absolute Gasteiger partial charge is 0.249 e. The summed E-state index contributed by atoms with van der Waals surface area (Å²) in [7, 11) is 0. The van der Waals surface area contributed by atoms with E-state index >= 15 is 0 Å². The molecule has 0 aromatic heterocycles. The van der Waals surface area contributed by atoms with Crippen LogP contribution in [0.25, 0.3) is 0 Å². The largest absolute Gasteiger partial charge is 0.394 e. The number of unbranched alkanes of at least 4 members (excludes halogenated alkanes) is 29. The summed E-state index contributed by atoms with van der Waals surface area (Å²) in [4.78, 5) is 13.1. The number of hydrogen-bond acceptors (Lipinski definition) is 10. The van der Waals surface area contributed by atoms with Crippen molar-refractivity contribution in [2.45, 2.75) is 306 Å². The van der Waals surface area contributed by atoms with E-state index in [1.165, 1.54) is 135 Å². The van der Waals surface area contributed by atoms with Crippen LogP contribution in [-0.4, -0.2) is 110 Å². The first-order valence-corrected chi connectivity index (χ1v) is 29.0. The standard InChI is InChI=1S/C59H109NO10/c1-3-5-7-9-11-13-15-17-19-21-22-23-24-25-26-27-28-29-30-31-33-34-36-38-40-42-44-46-51(62)54(64)50(49-69-59-57(67)56(66)55(65)53(48-61)70-59)60-58(68)52(63)47-45-43-41-39-37-35-32-20-18-16-14-12-10-8-6-4-2/h12,14,18,20,31,33,38,40,50-57,59,61-67H,3-11,13,15-17,19,21-30,32,34-37,39,41-49H2,1-2H3,(H,60,68)/b14-12-,20-18-,33-31+,40-38+. The molecule has 8 N–H and O–H groups in total. The summed E-state index contributed by atoms with van der Waals surface area (Å²) in [5, 5.41) is 76.0. The molecule has 1 rings (SSSR count). The van der Waals surface area contributed by atoms with Crippen molar-refractivity contribution in [3.63, 3.8) is 0 Å². The van der Waals surface area contributed by atoms with E-state index < -0.39 is 74.2 Å². The van der Waals surface area contributed by atoms with Crippen molar-refractivity contribution in [1.29, 1.82) is 0 Å². The summed E-state index contributed by atoms with van der Waals surface area (Å²) in [6.07, 6.45) is 48.9. The number of aliphatic hydroxyl groups is 7. The van der Waals surface area contributed by atoms with E-state index in [-0.39, 0.29) is 12.8 Å². The van der Waals surface area contributed by atoms with Crippen molar-refractivity contribution < 1.29 is 50.0 Å². The van der Waals surface area contributed by atoms with Crippen molar-refractivity contribution in [1.82, 2.24) is 5.32 Å². The first-order chi connectivity index (χ1) is 34.2. The Hall–Kier alpha value is -1.93. The van der Waals surface area contributed by atoms with Gasteiger partial charge in [-0.05, 0) is 83.5 Å². The van der Waals surface area contributed by atoms with Gasteiger partial charge in [-0.1, -0.05) is 217 Å². The molecule has 0 radical (unpaired) electrons. The van der Waals surface area contributed by atoms with E-state index in [0.717, 1.165) is 70.6 Å². The maximum absolute atomic E-state index is 13.1. The molecule has 1 aliphatic rings. The second kappa shape index (κ2) is 48.0. The second-order valence-electron chi connectivity index (χ2n) is 20.3. The van der Waals surface area contributed by atoms with Crippen LogP contribution >= 0.6 is 0 Å². The summed E-state index contributed by atoms with van der Waals surface area (Å²) in [6.45, 7) is 3.42. The Morgan fingerprint density at radius 1 is 0.500 bits per heavy atom. The number of nitrogens with one attached hydrogen (secondary N) is 1. The summed E-state index contributed by atoms with van der Waals surface area (Å²) < 4.78 is 11.1. The van der Waals surface area contributed by atoms with Crippen LogP contribution in [0.15, 0.2) is 48.6 Å². The van der Waals surface area contributed by atoms with Crippen LogP contribution in [0.2, 0.25) is 0 Å².